The lowest BCUT2D eigenvalue weighted by atomic mass is 10.2. The van der Waals surface area contributed by atoms with Gasteiger partial charge in [-0.05, 0) is 25.1 Å². The van der Waals surface area contributed by atoms with Crippen molar-refractivity contribution >= 4 is 6.29 Å². The Bertz CT molecular complexity index is 339. The summed E-state index contributed by atoms with van der Waals surface area (Å²) in [5.41, 5.74) is 0.207. The minimum Gasteiger partial charge on any atom is -0.490 e. The van der Waals surface area contributed by atoms with Crippen LogP contribution in [-0.4, -0.2) is 26.1 Å². The number of aldehydes is 1. The molecule has 0 aliphatic heterocycles. The number of hydrogen-bond donors (Lipinski definition) is 0. The van der Waals surface area contributed by atoms with Crippen LogP contribution in [0.15, 0.2) is 18.2 Å². The third kappa shape index (κ3) is 3.32. The fourth-order valence-corrected chi connectivity index (χ4v) is 1.02. The van der Waals surface area contributed by atoms with Crippen LogP contribution < -0.4 is 4.74 Å². The van der Waals surface area contributed by atoms with Crippen molar-refractivity contribution in [2.75, 3.05) is 13.7 Å². The van der Waals surface area contributed by atoms with Crippen LogP contribution >= 0.6 is 0 Å². The van der Waals surface area contributed by atoms with E-state index in [1.165, 1.54) is 12.1 Å². The van der Waals surface area contributed by atoms with E-state index in [4.69, 9.17) is 9.47 Å². The van der Waals surface area contributed by atoms with Gasteiger partial charge >= 0.3 is 0 Å². The first-order chi connectivity index (χ1) is 7.17. The summed E-state index contributed by atoms with van der Waals surface area (Å²) < 4.78 is 23.1. The summed E-state index contributed by atoms with van der Waals surface area (Å²) in [5.74, 6) is -0.0838. The Morgan fingerprint density at radius 3 is 2.87 bits per heavy atom. The summed E-state index contributed by atoms with van der Waals surface area (Å²) >= 11 is 0. The molecular formula is C11H13FO3. The van der Waals surface area contributed by atoms with Crippen molar-refractivity contribution in [3.05, 3.63) is 29.6 Å². The standard InChI is InChI=1S/C11H13FO3/c1-8(14-2)7-15-11-4-3-10(12)5-9(11)6-13/h3-6,8H,7H2,1-2H3. The molecule has 0 saturated heterocycles. The van der Waals surface area contributed by atoms with Gasteiger partial charge in [-0.3, -0.25) is 4.79 Å². The van der Waals surface area contributed by atoms with E-state index in [9.17, 15) is 9.18 Å². The lowest BCUT2D eigenvalue weighted by molar-refractivity contribution is 0.0711. The Balaban J connectivity index is 2.72. The van der Waals surface area contributed by atoms with Crippen molar-refractivity contribution in [2.45, 2.75) is 13.0 Å². The van der Waals surface area contributed by atoms with Gasteiger partial charge in [-0.15, -0.1) is 0 Å². The Hall–Kier alpha value is -1.42. The molecule has 0 radical (unpaired) electrons. The van der Waals surface area contributed by atoms with E-state index < -0.39 is 5.82 Å². The van der Waals surface area contributed by atoms with Crippen molar-refractivity contribution in [3.63, 3.8) is 0 Å². The molecule has 1 unspecified atom stereocenters. The highest BCUT2D eigenvalue weighted by atomic mass is 19.1. The zero-order valence-corrected chi connectivity index (χ0v) is 8.70. The maximum Gasteiger partial charge on any atom is 0.153 e. The maximum absolute atomic E-state index is 12.8. The molecule has 0 aliphatic carbocycles. The second-order valence-electron chi connectivity index (χ2n) is 3.16. The zero-order valence-electron chi connectivity index (χ0n) is 8.70. The first-order valence-corrected chi connectivity index (χ1v) is 4.57. The number of ether oxygens (including phenoxy) is 2. The molecule has 0 spiro atoms. The molecule has 1 rings (SSSR count). The number of carbonyl (C=O) groups is 1. The molecular weight excluding hydrogens is 199 g/mol. The number of benzene rings is 1. The lowest BCUT2D eigenvalue weighted by Gasteiger charge is -2.12. The van der Waals surface area contributed by atoms with Gasteiger partial charge in [-0.1, -0.05) is 0 Å². The predicted octanol–water partition coefficient (Wildman–Crippen LogP) is 2.05. The third-order valence-electron chi connectivity index (χ3n) is 1.97. The Morgan fingerprint density at radius 1 is 1.53 bits per heavy atom. The fraction of sp³-hybridized carbons (Fsp3) is 0.364. The summed E-state index contributed by atoms with van der Waals surface area (Å²) in [4.78, 5) is 10.6. The molecule has 0 saturated carbocycles. The van der Waals surface area contributed by atoms with Crippen molar-refractivity contribution < 1.29 is 18.7 Å². The van der Waals surface area contributed by atoms with Gasteiger partial charge < -0.3 is 9.47 Å². The molecule has 0 heterocycles. The third-order valence-corrected chi connectivity index (χ3v) is 1.97. The molecule has 1 aromatic carbocycles. The topological polar surface area (TPSA) is 35.5 Å². The molecule has 4 heteroatoms. The van der Waals surface area contributed by atoms with Crippen LogP contribution in [0.25, 0.3) is 0 Å². The molecule has 0 fully saturated rings. The van der Waals surface area contributed by atoms with Gasteiger partial charge in [0, 0.05) is 7.11 Å². The van der Waals surface area contributed by atoms with Crippen LogP contribution in [0.1, 0.15) is 17.3 Å². The molecule has 0 amide bonds. The van der Waals surface area contributed by atoms with Crippen LogP contribution in [0.3, 0.4) is 0 Å². The molecule has 0 aromatic heterocycles. The first-order valence-electron chi connectivity index (χ1n) is 4.57. The minimum absolute atomic E-state index is 0.0745. The quantitative estimate of drug-likeness (QED) is 0.701. The second-order valence-corrected chi connectivity index (χ2v) is 3.16. The van der Waals surface area contributed by atoms with Gasteiger partial charge in [0.2, 0.25) is 0 Å². The summed E-state index contributed by atoms with van der Waals surface area (Å²) in [6.07, 6.45) is 0.491. The number of halogens is 1. The van der Waals surface area contributed by atoms with Gasteiger partial charge in [0.25, 0.3) is 0 Å². The Kier molecular flexibility index (Phi) is 4.24. The molecule has 82 valence electrons. The van der Waals surface area contributed by atoms with Gasteiger partial charge in [0.05, 0.1) is 11.7 Å². The molecule has 3 nitrogen and oxygen atoms in total. The van der Waals surface area contributed by atoms with Crippen LogP contribution in [0, 0.1) is 5.82 Å². The summed E-state index contributed by atoms with van der Waals surface area (Å²) in [5, 5.41) is 0. The highest BCUT2D eigenvalue weighted by Crippen LogP contribution is 2.18. The van der Waals surface area contributed by atoms with Crippen molar-refractivity contribution in [1.29, 1.82) is 0 Å². The van der Waals surface area contributed by atoms with Crippen LogP contribution in [0.4, 0.5) is 4.39 Å². The van der Waals surface area contributed by atoms with Crippen molar-refractivity contribution in [3.8, 4) is 5.75 Å². The predicted molar refractivity (Wildman–Crippen MR) is 53.8 cm³/mol. The number of methoxy groups -OCH3 is 1. The highest BCUT2D eigenvalue weighted by molar-refractivity contribution is 5.79. The molecule has 15 heavy (non-hydrogen) atoms. The number of carbonyl (C=O) groups excluding carboxylic acids is 1. The SMILES string of the molecule is COC(C)COc1ccc(F)cc1C=O. The van der Waals surface area contributed by atoms with Gasteiger partial charge in [0.1, 0.15) is 18.2 Å². The van der Waals surface area contributed by atoms with E-state index in [0.29, 0.717) is 18.6 Å². The maximum atomic E-state index is 12.8. The van der Waals surface area contributed by atoms with Crippen LogP contribution in [0.5, 0.6) is 5.75 Å². The van der Waals surface area contributed by atoms with Crippen molar-refractivity contribution in [2.24, 2.45) is 0 Å². The highest BCUT2D eigenvalue weighted by Gasteiger charge is 2.06. The van der Waals surface area contributed by atoms with Gasteiger partial charge in [-0.2, -0.15) is 0 Å². The second kappa shape index (κ2) is 5.46. The monoisotopic (exact) mass is 212 g/mol. The van der Waals surface area contributed by atoms with Crippen LogP contribution in [-0.2, 0) is 4.74 Å². The largest absolute Gasteiger partial charge is 0.490 e. The normalized spacial score (nSPS) is 12.2. The molecule has 0 aliphatic rings. The number of hydrogen-bond acceptors (Lipinski definition) is 3. The van der Waals surface area contributed by atoms with E-state index in [-0.39, 0.29) is 11.7 Å². The Morgan fingerprint density at radius 2 is 2.27 bits per heavy atom. The van der Waals surface area contributed by atoms with Gasteiger partial charge in [0.15, 0.2) is 6.29 Å². The van der Waals surface area contributed by atoms with E-state index in [1.54, 1.807) is 7.11 Å². The molecule has 1 atom stereocenters. The summed E-state index contributed by atoms with van der Waals surface area (Å²) in [6.45, 7) is 2.16. The molecule has 0 N–H and O–H groups in total. The summed E-state index contributed by atoms with van der Waals surface area (Å²) in [6, 6.07) is 3.82. The first kappa shape index (κ1) is 11.7. The van der Waals surface area contributed by atoms with E-state index in [0.717, 1.165) is 6.07 Å². The number of rotatable bonds is 5. The van der Waals surface area contributed by atoms with Gasteiger partial charge in [-0.25, -0.2) is 4.39 Å². The smallest absolute Gasteiger partial charge is 0.153 e. The lowest BCUT2D eigenvalue weighted by Crippen LogP contribution is -2.16. The molecule has 0 bridgehead atoms. The van der Waals surface area contributed by atoms with E-state index in [2.05, 4.69) is 0 Å². The average molecular weight is 212 g/mol. The fourth-order valence-electron chi connectivity index (χ4n) is 1.02. The van der Waals surface area contributed by atoms with Crippen LogP contribution in [0.2, 0.25) is 0 Å². The minimum atomic E-state index is -0.454. The zero-order chi connectivity index (χ0) is 11.3. The van der Waals surface area contributed by atoms with Crippen molar-refractivity contribution in [1.82, 2.24) is 0 Å². The van der Waals surface area contributed by atoms with E-state index in [1.807, 2.05) is 6.92 Å². The van der Waals surface area contributed by atoms with E-state index >= 15 is 0 Å². The Labute approximate surface area is 87.8 Å². The molecule has 1 aromatic rings. The average Bonchev–Trinajstić information content (AvgIpc) is 2.26. The summed E-state index contributed by atoms with van der Waals surface area (Å²) in [7, 11) is 1.57.